The van der Waals surface area contributed by atoms with E-state index in [1.165, 1.54) is 11.3 Å². The number of rotatable bonds is 5. The van der Waals surface area contributed by atoms with E-state index in [1.54, 1.807) is 0 Å². The summed E-state index contributed by atoms with van der Waals surface area (Å²) < 4.78 is 0. The van der Waals surface area contributed by atoms with Crippen LogP contribution in [-0.2, 0) is 0 Å². The number of nitrogens with zero attached hydrogens (tertiary/aromatic N) is 1. The number of para-hydroxylation sites is 1. The summed E-state index contributed by atoms with van der Waals surface area (Å²) in [7, 11) is 0. The molecule has 2 aromatic rings. The fraction of sp³-hybridized carbons (Fsp3) is 0.250. The lowest BCUT2D eigenvalue weighted by atomic mass is 10.1. The van der Waals surface area contributed by atoms with Gasteiger partial charge in [0.2, 0.25) is 0 Å². The maximum absolute atomic E-state index is 3.53. The maximum Gasteiger partial charge on any atom is 0.0519 e. The van der Waals surface area contributed by atoms with Crippen LogP contribution in [0.15, 0.2) is 60.7 Å². The molecule has 2 nitrogen and oxygen atoms in total. The minimum absolute atomic E-state index is 0.298. The smallest absolute Gasteiger partial charge is 0.0519 e. The SMILES string of the molecule is CCN(NC(C)c1ccccc1)c1ccccc1. The zero-order chi connectivity index (χ0) is 12.8. The average molecular weight is 240 g/mol. The van der Waals surface area contributed by atoms with Gasteiger partial charge in [-0.25, -0.2) is 5.43 Å². The maximum atomic E-state index is 3.53. The number of hydrogen-bond donors (Lipinski definition) is 1. The molecule has 0 radical (unpaired) electrons. The Morgan fingerprint density at radius 1 is 0.944 bits per heavy atom. The number of anilines is 1. The Balaban J connectivity index is 2.07. The van der Waals surface area contributed by atoms with Crippen LogP contribution < -0.4 is 10.4 Å². The van der Waals surface area contributed by atoms with E-state index in [-0.39, 0.29) is 0 Å². The van der Waals surface area contributed by atoms with Gasteiger partial charge in [-0.2, -0.15) is 0 Å². The normalized spacial score (nSPS) is 12.1. The Hall–Kier alpha value is -1.80. The minimum atomic E-state index is 0.298. The Labute approximate surface area is 109 Å². The van der Waals surface area contributed by atoms with E-state index >= 15 is 0 Å². The van der Waals surface area contributed by atoms with Crippen LogP contribution >= 0.6 is 0 Å². The summed E-state index contributed by atoms with van der Waals surface area (Å²) in [6.45, 7) is 5.26. The molecule has 0 spiro atoms. The van der Waals surface area contributed by atoms with Crippen LogP contribution in [0, 0.1) is 0 Å². The molecule has 94 valence electrons. The summed E-state index contributed by atoms with van der Waals surface area (Å²) in [4.78, 5) is 0. The second-order valence-corrected chi connectivity index (χ2v) is 4.34. The van der Waals surface area contributed by atoms with Crippen LogP contribution in [-0.4, -0.2) is 6.54 Å². The van der Waals surface area contributed by atoms with E-state index in [0.29, 0.717) is 6.04 Å². The fourth-order valence-corrected chi connectivity index (χ4v) is 2.01. The lowest BCUT2D eigenvalue weighted by molar-refractivity contribution is 0.543. The molecule has 2 rings (SSSR count). The highest BCUT2D eigenvalue weighted by molar-refractivity contribution is 5.44. The minimum Gasteiger partial charge on any atom is -0.308 e. The average Bonchev–Trinajstić information content (AvgIpc) is 2.46. The Morgan fingerprint density at radius 2 is 1.50 bits per heavy atom. The van der Waals surface area contributed by atoms with Gasteiger partial charge in [0.15, 0.2) is 0 Å². The first-order chi connectivity index (χ1) is 8.81. The quantitative estimate of drug-likeness (QED) is 0.800. The van der Waals surface area contributed by atoms with Crippen molar-refractivity contribution in [3.8, 4) is 0 Å². The first kappa shape index (κ1) is 12.7. The standard InChI is InChI=1S/C16H20N2/c1-3-18(16-12-8-5-9-13-16)17-14(2)15-10-6-4-7-11-15/h4-14,17H,3H2,1-2H3. The van der Waals surface area contributed by atoms with E-state index in [1.807, 2.05) is 12.1 Å². The largest absolute Gasteiger partial charge is 0.308 e. The highest BCUT2D eigenvalue weighted by atomic mass is 15.5. The van der Waals surface area contributed by atoms with Crippen LogP contribution in [0.3, 0.4) is 0 Å². The zero-order valence-electron chi connectivity index (χ0n) is 11.0. The molecule has 0 saturated heterocycles. The molecular formula is C16H20N2. The molecule has 0 aromatic heterocycles. The van der Waals surface area contributed by atoms with Gasteiger partial charge in [-0.15, -0.1) is 0 Å². The van der Waals surface area contributed by atoms with Gasteiger partial charge in [-0.05, 0) is 31.5 Å². The van der Waals surface area contributed by atoms with Gasteiger partial charge in [0.1, 0.15) is 0 Å². The van der Waals surface area contributed by atoms with E-state index in [0.717, 1.165) is 6.54 Å². The topological polar surface area (TPSA) is 15.3 Å². The molecular weight excluding hydrogens is 220 g/mol. The summed E-state index contributed by atoms with van der Waals surface area (Å²) in [5, 5.41) is 2.18. The van der Waals surface area contributed by atoms with Crippen LogP contribution in [0.25, 0.3) is 0 Å². The van der Waals surface area contributed by atoms with Crippen LogP contribution in [0.4, 0.5) is 5.69 Å². The summed E-state index contributed by atoms with van der Waals surface area (Å²) in [5.74, 6) is 0. The third-order valence-electron chi connectivity index (χ3n) is 3.03. The van der Waals surface area contributed by atoms with E-state index in [9.17, 15) is 0 Å². The van der Waals surface area contributed by atoms with Crippen LogP contribution in [0.1, 0.15) is 25.5 Å². The summed E-state index contributed by atoms with van der Waals surface area (Å²) >= 11 is 0. The molecule has 0 aliphatic rings. The van der Waals surface area contributed by atoms with Crippen molar-refractivity contribution in [1.82, 2.24) is 5.43 Å². The Morgan fingerprint density at radius 3 is 2.06 bits per heavy atom. The molecule has 18 heavy (non-hydrogen) atoms. The van der Waals surface area contributed by atoms with Crippen molar-refractivity contribution in [2.24, 2.45) is 0 Å². The van der Waals surface area contributed by atoms with Gasteiger partial charge in [-0.1, -0.05) is 48.5 Å². The second kappa shape index (κ2) is 6.22. The predicted molar refractivity (Wildman–Crippen MR) is 77.5 cm³/mol. The molecule has 1 unspecified atom stereocenters. The van der Waals surface area contributed by atoms with Crippen molar-refractivity contribution in [1.29, 1.82) is 0 Å². The molecule has 1 N–H and O–H groups in total. The Kier molecular flexibility index (Phi) is 4.37. The highest BCUT2D eigenvalue weighted by Crippen LogP contribution is 2.16. The molecule has 2 heteroatoms. The number of benzene rings is 2. The highest BCUT2D eigenvalue weighted by Gasteiger charge is 2.09. The third kappa shape index (κ3) is 3.11. The van der Waals surface area contributed by atoms with Crippen molar-refractivity contribution in [2.75, 3.05) is 11.6 Å². The molecule has 0 aliphatic heterocycles. The molecule has 0 aliphatic carbocycles. The van der Waals surface area contributed by atoms with Gasteiger partial charge in [-0.3, -0.25) is 0 Å². The fourth-order valence-electron chi connectivity index (χ4n) is 2.01. The second-order valence-electron chi connectivity index (χ2n) is 4.34. The molecule has 2 aromatic carbocycles. The summed E-state index contributed by atoms with van der Waals surface area (Å²) in [6, 6.07) is 21.2. The van der Waals surface area contributed by atoms with E-state index in [2.05, 4.69) is 72.8 Å². The van der Waals surface area contributed by atoms with Crippen molar-refractivity contribution in [2.45, 2.75) is 19.9 Å². The number of hydrazine groups is 1. The first-order valence-corrected chi connectivity index (χ1v) is 6.45. The molecule has 1 atom stereocenters. The zero-order valence-corrected chi connectivity index (χ0v) is 11.0. The van der Waals surface area contributed by atoms with Gasteiger partial charge in [0, 0.05) is 12.6 Å². The van der Waals surface area contributed by atoms with Crippen LogP contribution in [0.2, 0.25) is 0 Å². The molecule has 0 fully saturated rings. The predicted octanol–water partition coefficient (Wildman–Crippen LogP) is 3.78. The lowest BCUT2D eigenvalue weighted by Gasteiger charge is -2.28. The van der Waals surface area contributed by atoms with Crippen molar-refractivity contribution in [3.63, 3.8) is 0 Å². The van der Waals surface area contributed by atoms with Gasteiger partial charge in [0.25, 0.3) is 0 Å². The molecule has 0 saturated carbocycles. The monoisotopic (exact) mass is 240 g/mol. The van der Waals surface area contributed by atoms with Gasteiger partial charge in [0.05, 0.1) is 5.69 Å². The number of hydrogen-bond acceptors (Lipinski definition) is 2. The number of nitrogens with one attached hydrogen (secondary N) is 1. The van der Waals surface area contributed by atoms with Crippen LogP contribution in [0.5, 0.6) is 0 Å². The lowest BCUT2D eigenvalue weighted by Crippen LogP contribution is -2.39. The van der Waals surface area contributed by atoms with Crippen molar-refractivity contribution >= 4 is 5.69 Å². The third-order valence-corrected chi connectivity index (χ3v) is 3.03. The molecule has 0 amide bonds. The van der Waals surface area contributed by atoms with Gasteiger partial charge < -0.3 is 5.01 Å². The van der Waals surface area contributed by atoms with E-state index in [4.69, 9.17) is 0 Å². The van der Waals surface area contributed by atoms with Crippen molar-refractivity contribution in [3.05, 3.63) is 66.2 Å². The molecule has 0 bridgehead atoms. The summed E-state index contributed by atoms with van der Waals surface area (Å²) in [6.07, 6.45) is 0. The first-order valence-electron chi connectivity index (χ1n) is 6.45. The van der Waals surface area contributed by atoms with E-state index < -0.39 is 0 Å². The Bertz CT molecular complexity index is 453. The molecule has 0 heterocycles. The van der Waals surface area contributed by atoms with Crippen molar-refractivity contribution < 1.29 is 0 Å². The summed E-state index contributed by atoms with van der Waals surface area (Å²) in [5.41, 5.74) is 6.03. The van der Waals surface area contributed by atoms with Gasteiger partial charge >= 0.3 is 0 Å².